The molecule has 0 N–H and O–H groups in total. The summed E-state index contributed by atoms with van der Waals surface area (Å²) in [6.45, 7) is 2.57. The van der Waals surface area contributed by atoms with E-state index in [0.717, 1.165) is 19.3 Å². The van der Waals surface area contributed by atoms with E-state index in [-0.39, 0.29) is 6.04 Å². The van der Waals surface area contributed by atoms with Crippen LogP contribution in [0, 0.1) is 0 Å². The molecule has 0 radical (unpaired) electrons. The van der Waals surface area contributed by atoms with Crippen molar-refractivity contribution in [2.45, 2.75) is 37.1 Å². The van der Waals surface area contributed by atoms with Crippen molar-refractivity contribution >= 4 is 21.6 Å². The fourth-order valence-electron chi connectivity index (χ4n) is 2.19. The van der Waals surface area contributed by atoms with E-state index in [0.29, 0.717) is 16.5 Å². The van der Waals surface area contributed by atoms with Gasteiger partial charge in [-0.25, -0.2) is 8.42 Å². The van der Waals surface area contributed by atoms with E-state index in [1.807, 2.05) is 6.92 Å². The third kappa shape index (κ3) is 2.64. The molecule has 1 saturated heterocycles. The Kier molecular flexibility index (Phi) is 3.76. The first-order valence-corrected chi connectivity index (χ1v) is 7.61. The molecule has 1 aromatic carbocycles. The van der Waals surface area contributed by atoms with Crippen LogP contribution >= 0.6 is 11.6 Å². The van der Waals surface area contributed by atoms with Crippen molar-refractivity contribution in [2.24, 2.45) is 0 Å². The van der Waals surface area contributed by atoms with Gasteiger partial charge in [0.1, 0.15) is 0 Å². The van der Waals surface area contributed by atoms with E-state index in [1.54, 1.807) is 22.5 Å². The molecule has 1 heterocycles. The second kappa shape index (κ2) is 4.96. The molecule has 0 aliphatic carbocycles. The number of benzene rings is 1. The molecule has 0 amide bonds. The Morgan fingerprint density at radius 1 is 1.35 bits per heavy atom. The van der Waals surface area contributed by atoms with Crippen molar-refractivity contribution in [3.8, 4) is 0 Å². The van der Waals surface area contributed by atoms with Crippen molar-refractivity contribution in [1.29, 1.82) is 0 Å². The van der Waals surface area contributed by atoms with Crippen molar-refractivity contribution in [3.63, 3.8) is 0 Å². The van der Waals surface area contributed by atoms with Crippen molar-refractivity contribution in [2.75, 3.05) is 6.54 Å². The second-order valence-corrected chi connectivity index (χ2v) is 6.74. The summed E-state index contributed by atoms with van der Waals surface area (Å²) >= 11 is 5.84. The largest absolute Gasteiger partial charge is 0.243 e. The van der Waals surface area contributed by atoms with E-state index in [4.69, 9.17) is 11.6 Å². The fourth-order valence-corrected chi connectivity index (χ4v) is 4.19. The second-order valence-electron chi connectivity index (χ2n) is 4.42. The Bertz CT molecular complexity index is 501. The molecule has 2 rings (SSSR count). The molecule has 0 aromatic heterocycles. The maximum absolute atomic E-state index is 12.4. The van der Waals surface area contributed by atoms with Gasteiger partial charge in [0, 0.05) is 17.6 Å². The SMILES string of the molecule is CC1CCCCN1S(=O)(=O)c1cccc(Cl)c1. The van der Waals surface area contributed by atoms with Gasteiger partial charge in [-0.2, -0.15) is 4.31 Å². The highest BCUT2D eigenvalue weighted by Gasteiger charge is 2.30. The number of piperidine rings is 1. The highest BCUT2D eigenvalue weighted by molar-refractivity contribution is 7.89. The van der Waals surface area contributed by atoms with E-state index in [2.05, 4.69) is 0 Å². The van der Waals surface area contributed by atoms with Crippen molar-refractivity contribution < 1.29 is 8.42 Å². The van der Waals surface area contributed by atoms with Gasteiger partial charge < -0.3 is 0 Å². The lowest BCUT2D eigenvalue weighted by molar-refractivity contribution is 0.268. The fraction of sp³-hybridized carbons (Fsp3) is 0.500. The van der Waals surface area contributed by atoms with Gasteiger partial charge in [0.25, 0.3) is 0 Å². The van der Waals surface area contributed by atoms with E-state index < -0.39 is 10.0 Å². The van der Waals surface area contributed by atoms with Crippen molar-refractivity contribution in [3.05, 3.63) is 29.3 Å². The average molecular weight is 274 g/mol. The average Bonchev–Trinajstić information content (AvgIpc) is 2.29. The first-order chi connectivity index (χ1) is 8.01. The lowest BCUT2D eigenvalue weighted by Gasteiger charge is -2.32. The summed E-state index contributed by atoms with van der Waals surface area (Å²) in [6.07, 6.45) is 2.96. The first kappa shape index (κ1) is 12.9. The van der Waals surface area contributed by atoms with Crippen LogP contribution in [0.1, 0.15) is 26.2 Å². The third-order valence-corrected chi connectivity index (χ3v) is 5.39. The Hall–Kier alpha value is -0.580. The molecule has 1 aromatic rings. The van der Waals surface area contributed by atoms with Gasteiger partial charge in [-0.1, -0.05) is 24.1 Å². The molecular weight excluding hydrogens is 258 g/mol. The maximum Gasteiger partial charge on any atom is 0.243 e. The van der Waals surface area contributed by atoms with Crippen LogP contribution in [0.4, 0.5) is 0 Å². The van der Waals surface area contributed by atoms with E-state index in [9.17, 15) is 8.42 Å². The van der Waals surface area contributed by atoms with Gasteiger partial charge >= 0.3 is 0 Å². The molecule has 1 aliphatic rings. The Morgan fingerprint density at radius 3 is 2.76 bits per heavy atom. The molecule has 94 valence electrons. The topological polar surface area (TPSA) is 37.4 Å². The van der Waals surface area contributed by atoms with Gasteiger partial charge in [-0.3, -0.25) is 0 Å². The van der Waals surface area contributed by atoms with Gasteiger partial charge in [0.15, 0.2) is 0 Å². The monoisotopic (exact) mass is 273 g/mol. The summed E-state index contributed by atoms with van der Waals surface area (Å²) in [4.78, 5) is 0.291. The van der Waals surface area contributed by atoms with Crippen LogP contribution in [0.15, 0.2) is 29.2 Å². The number of hydrogen-bond acceptors (Lipinski definition) is 2. The minimum atomic E-state index is -3.38. The zero-order chi connectivity index (χ0) is 12.5. The lowest BCUT2D eigenvalue weighted by atomic mass is 10.1. The zero-order valence-corrected chi connectivity index (χ0v) is 11.3. The van der Waals surface area contributed by atoms with Crippen LogP contribution in [0.3, 0.4) is 0 Å². The van der Waals surface area contributed by atoms with Crippen molar-refractivity contribution in [1.82, 2.24) is 4.31 Å². The molecule has 5 heteroatoms. The van der Waals surface area contributed by atoms with Crippen LogP contribution in [-0.2, 0) is 10.0 Å². The molecular formula is C12H16ClNO2S. The molecule has 1 aliphatic heterocycles. The van der Waals surface area contributed by atoms with Crippen LogP contribution in [0.2, 0.25) is 5.02 Å². The van der Waals surface area contributed by atoms with E-state index >= 15 is 0 Å². The molecule has 1 unspecified atom stereocenters. The van der Waals surface area contributed by atoms with Crippen LogP contribution in [0.5, 0.6) is 0 Å². The third-order valence-electron chi connectivity index (χ3n) is 3.14. The minimum Gasteiger partial charge on any atom is -0.207 e. The highest BCUT2D eigenvalue weighted by atomic mass is 35.5. The summed E-state index contributed by atoms with van der Waals surface area (Å²) in [5, 5.41) is 0.454. The summed E-state index contributed by atoms with van der Waals surface area (Å²) < 4.78 is 26.4. The normalized spacial score (nSPS) is 22.6. The number of hydrogen-bond donors (Lipinski definition) is 0. The van der Waals surface area contributed by atoms with Crippen LogP contribution < -0.4 is 0 Å². The minimum absolute atomic E-state index is 0.0766. The summed E-state index contributed by atoms with van der Waals surface area (Å²) in [7, 11) is -3.38. The van der Waals surface area contributed by atoms with Gasteiger partial charge in [0.2, 0.25) is 10.0 Å². The van der Waals surface area contributed by atoms with Crippen LogP contribution in [-0.4, -0.2) is 25.3 Å². The molecule has 3 nitrogen and oxygen atoms in total. The van der Waals surface area contributed by atoms with Gasteiger partial charge in [-0.05, 0) is 38.0 Å². The summed E-state index contributed by atoms with van der Waals surface area (Å²) in [5.41, 5.74) is 0. The maximum atomic E-state index is 12.4. The van der Waals surface area contributed by atoms with Gasteiger partial charge in [0.05, 0.1) is 4.90 Å². The van der Waals surface area contributed by atoms with Crippen LogP contribution in [0.25, 0.3) is 0 Å². The molecule has 17 heavy (non-hydrogen) atoms. The number of halogens is 1. The quantitative estimate of drug-likeness (QED) is 0.831. The Balaban J connectivity index is 2.35. The summed E-state index contributed by atoms with van der Waals surface area (Å²) in [6, 6.07) is 6.54. The molecule has 0 saturated carbocycles. The zero-order valence-electron chi connectivity index (χ0n) is 9.77. The van der Waals surface area contributed by atoms with E-state index in [1.165, 1.54) is 6.07 Å². The van der Waals surface area contributed by atoms with Gasteiger partial charge in [-0.15, -0.1) is 0 Å². The predicted molar refractivity (Wildman–Crippen MR) is 68.7 cm³/mol. The Labute approximate surface area is 107 Å². The standard InChI is InChI=1S/C12H16ClNO2S/c1-10-5-2-3-8-14(10)17(15,16)12-7-4-6-11(13)9-12/h4,6-7,9-10H,2-3,5,8H2,1H3. The Morgan fingerprint density at radius 2 is 2.12 bits per heavy atom. The molecule has 0 bridgehead atoms. The predicted octanol–water partition coefficient (Wildman–Crippen LogP) is 2.90. The smallest absolute Gasteiger partial charge is 0.207 e. The molecule has 0 spiro atoms. The number of sulfonamides is 1. The number of nitrogens with zero attached hydrogens (tertiary/aromatic N) is 1. The lowest BCUT2D eigenvalue weighted by Crippen LogP contribution is -2.41. The molecule has 1 fully saturated rings. The molecule has 1 atom stereocenters. The summed E-state index contributed by atoms with van der Waals surface area (Å²) in [5.74, 6) is 0. The highest BCUT2D eigenvalue weighted by Crippen LogP contribution is 2.26. The number of rotatable bonds is 2. The first-order valence-electron chi connectivity index (χ1n) is 5.79.